The molecule has 2 aromatic carbocycles. The van der Waals surface area contributed by atoms with Crippen molar-refractivity contribution in [1.82, 2.24) is 14.5 Å². The molecule has 0 unspecified atom stereocenters. The molecular weight excluding hydrogens is 412 g/mol. The Bertz CT molecular complexity index is 1160. The van der Waals surface area contributed by atoms with Gasteiger partial charge in [-0.15, -0.1) is 0 Å². The van der Waals surface area contributed by atoms with E-state index >= 15 is 0 Å². The van der Waals surface area contributed by atoms with Crippen molar-refractivity contribution in [3.05, 3.63) is 90.8 Å². The number of pyridine rings is 1. The van der Waals surface area contributed by atoms with Gasteiger partial charge in [-0.25, -0.2) is 0 Å². The highest BCUT2D eigenvalue weighted by Gasteiger charge is 2.23. The number of morpholine rings is 1. The summed E-state index contributed by atoms with van der Waals surface area (Å²) in [4.78, 5) is 21.9. The van der Waals surface area contributed by atoms with Crippen LogP contribution < -0.4 is 4.90 Å². The number of hydrogen-bond acceptors (Lipinski definition) is 4. The molecule has 5 rings (SSSR count). The van der Waals surface area contributed by atoms with Gasteiger partial charge in [0.15, 0.2) is 0 Å². The number of amides is 1. The Morgan fingerprint density at radius 2 is 1.58 bits per heavy atom. The van der Waals surface area contributed by atoms with Gasteiger partial charge in [-0.1, -0.05) is 36.4 Å². The lowest BCUT2D eigenvalue weighted by Crippen LogP contribution is -2.40. The number of ether oxygens (including phenoxy) is 1. The first-order chi connectivity index (χ1) is 16.3. The molecule has 0 radical (unpaired) electrons. The summed E-state index contributed by atoms with van der Waals surface area (Å²) in [6.45, 7) is 4.09. The minimum atomic E-state index is 0.0379. The zero-order chi connectivity index (χ0) is 22.5. The van der Waals surface area contributed by atoms with Gasteiger partial charge in [-0.05, 0) is 42.8 Å². The fourth-order valence-electron chi connectivity index (χ4n) is 4.42. The number of benzene rings is 2. The second-order valence-electron chi connectivity index (χ2n) is 8.19. The van der Waals surface area contributed by atoms with E-state index in [9.17, 15) is 4.79 Å². The minimum absolute atomic E-state index is 0.0379. The highest BCUT2D eigenvalue weighted by Crippen LogP contribution is 2.26. The lowest BCUT2D eigenvalue weighted by Gasteiger charge is -2.26. The summed E-state index contributed by atoms with van der Waals surface area (Å²) >= 11 is 0. The fourth-order valence-corrected chi connectivity index (χ4v) is 4.42. The van der Waals surface area contributed by atoms with Gasteiger partial charge in [0.1, 0.15) is 5.52 Å². The summed E-state index contributed by atoms with van der Waals surface area (Å²) < 4.78 is 7.58. The van der Waals surface area contributed by atoms with Gasteiger partial charge in [0.2, 0.25) is 0 Å². The zero-order valence-corrected chi connectivity index (χ0v) is 18.6. The topological polar surface area (TPSA) is 50.6 Å². The zero-order valence-electron chi connectivity index (χ0n) is 18.6. The number of carbonyl (C=O) groups is 1. The summed E-state index contributed by atoms with van der Waals surface area (Å²) in [6, 6.07) is 24.9. The number of fused-ring (bicyclic) bond motifs is 1. The number of aryl methyl sites for hydroxylation is 1. The van der Waals surface area contributed by atoms with Gasteiger partial charge < -0.3 is 19.1 Å². The normalized spacial score (nSPS) is 13.9. The van der Waals surface area contributed by atoms with Crippen molar-refractivity contribution in [3.8, 4) is 0 Å². The second kappa shape index (κ2) is 9.88. The number of rotatable bonds is 7. The van der Waals surface area contributed by atoms with E-state index in [2.05, 4.69) is 63.0 Å². The predicted octanol–water partition coefficient (Wildman–Crippen LogP) is 4.74. The number of anilines is 2. The van der Waals surface area contributed by atoms with Gasteiger partial charge in [-0.2, -0.15) is 0 Å². The summed E-state index contributed by atoms with van der Waals surface area (Å²) in [6.07, 6.45) is 4.66. The maximum Gasteiger partial charge on any atom is 0.257 e. The van der Waals surface area contributed by atoms with Crippen molar-refractivity contribution in [3.63, 3.8) is 0 Å². The van der Waals surface area contributed by atoms with E-state index in [1.807, 2.05) is 35.4 Å². The Kier molecular flexibility index (Phi) is 6.35. The molecule has 0 spiro atoms. The smallest absolute Gasteiger partial charge is 0.257 e. The van der Waals surface area contributed by atoms with Crippen LogP contribution in [0.3, 0.4) is 0 Å². The molecule has 1 saturated heterocycles. The molecule has 1 amide bonds. The van der Waals surface area contributed by atoms with Gasteiger partial charge in [0.05, 0.1) is 24.3 Å². The average Bonchev–Trinajstić information content (AvgIpc) is 3.26. The molecule has 3 heterocycles. The van der Waals surface area contributed by atoms with Crippen LogP contribution in [0, 0.1) is 0 Å². The molecule has 0 N–H and O–H groups in total. The van der Waals surface area contributed by atoms with Crippen LogP contribution in [0.4, 0.5) is 11.4 Å². The molecule has 6 heteroatoms. The Labute approximate surface area is 194 Å². The average molecular weight is 441 g/mol. The molecule has 0 aliphatic carbocycles. The van der Waals surface area contributed by atoms with E-state index in [4.69, 9.17) is 4.74 Å². The molecule has 0 atom stereocenters. The standard InChI is InChI=1S/C27H28N4O2/c32-27(29-17-19-33-20-18-29)24-21-30(25-13-7-14-28-26(24)25)15-8-16-31(22-9-3-1-4-10-22)23-11-5-2-6-12-23/h1-7,9-14,21H,8,15-20H2. The lowest BCUT2D eigenvalue weighted by molar-refractivity contribution is 0.0304. The highest BCUT2D eigenvalue weighted by atomic mass is 16.5. The number of carbonyl (C=O) groups excluding carboxylic acids is 1. The van der Waals surface area contributed by atoms with Crippen molar-refractivity contribution in [1.29, 1.82) is 0 Å². The first kappa shape index (κ1) is 21.2. The number of hydrogen-bond donors (Lipinski definition) is 0. The quantitative estimate of drug-likeness (QED) is 0.417. The Morgan fingerprint density at radius 1 is 0.909 bits per heavy atom. The summed E-state index contributed by atoms with van der Waals surface area (Å²) in [5.41, 5.74) is 4.80. The molecule has 2 aromatic heterocycles. The van der Waals surface area contributed by atoms with E-state index in [-0.39, 0.29) is 5.91 Å². The molecule has 0 bridgehead atoms. The molecule has 1 aliphatic heterocycles. The van der Waals surface area contributed by atoms with Crippen molar-refractivity contribution >= 4 is 28.3 Å². The van der Waals surface area contributed by atoms with Crippen LogP contribution in [-0.4, -0.2) is 53.2 Å². The third-order valence-corrected chi connectivity index (χ3v) is 6.08. The summed E-state index contributed by atoms with van der Waals surface area (Å²) in [5.74, 6) is 0.0379. The van der Waals surface area contributed by atoms with Crippen LogP contribution in [0.25, 0.3) is 11.0 Å². The molecule has 4 aromatic rings. The van der Waals surface area contributed by atoms with E-state index in [0.717, 1.165) is 30.5 Å². The number of para-hydroxylation sites is 2. The Hall–Kier alpha value is -3.64. The molecular formula is C27H28N4O2. The number of nitrogens with zero attached hydrogens (tertiary/aromatic N) is 4. The summed E-state index contributed by atoms with van der Waals surface area (Å²) in [7, 11) is 0. The van der Waals surface area contributed by atoms with Crippen molar-refractivity contribution in [2.75, 3.05) is 37.7 Å². The van der Waals surface area contributed by atoms with Crippen LogP contribution in [0.1, 0.15) is 16.8 Å². The van der Waals surface area contributed by atoms with Gasteiger partial charge in [-0.3, -0.25) is 9.78 Å². The minimum Gasteiger partial charge on any atom is -0.378 e. The van der Waals surface area contributed by atoms with E-state index in [0.29, 0.717) is 31.9 Å². The van der Waals surface area contributed by atoms with E-state index in [1.54, 1.807) is 6.20 Å². The van der Waals surface area contributed by atoms with Gasteiger partial charge in [0, 0.05) is 49.9 Å². The highest BCUT2D eigenvalue weighted by molar-refractivity contribution is 6.05. The van der Waals surface area contributed by atoms with Crippen molar-refractivity contribution in [2.45, 2.75) is 13.0 Å². The number of aromatic nitrogens is 2. The van der Waals surface area contributed by atoms with Crippen molar-refractivity contribution in [2.24, 2.45) is 0 Å². The first-order valence-corrected chi connectivity index (χ1v) is 11.5. The van der Waals surface area contributed by atoms with Crippen LogP contribution in [0.5, 0.6) is 0 Å². The lowest BCUT2D eigenvalue weighted by atomic mass is 10.2. The van der Waals surface area contributed by atoms with Crippen LogP contribution in [-0.2, 0) is 11.3 Å². The third-order valence-electron chi connectivity index (χ3n) is 6.08. The Morgan fingerprint density at radius 3 is 2.24 bits per heavy atom. The van der Waals surface area contributed by atoms with Gasteiger partial charge in [0.25, 0.3) is 5.91 Å². The molecule has 168 valence electrons. The molecule has 1 fully saturated rings. The third kappa shape index (κ3) is 4.61. The molecule has 0 saturated carbocycles. The first-order valence-electron chi connectivity index (χ1n) is 11.5. The second-order valence-corrected chi connectivity index (χ2v) is 8.19. The van der Waals surface area contributed by atoms with Crippen molar-refractivity contribution < 1.29 is 9.53 Å². The predicted molar refractivity (Wildman–Crippen MR) is 131 cm³/mol. The fraction of sp³-hybridized carbons (Fsp3) is 0.259. The van der Waals surface area contributed by atoms with Crippen LogP contribution in [0.15, 0.2) is 85.2 Å². The maximum atomic E-state index is 13.2. The maximum absolute atomic E-state index is 13.2. The van der Waals surface area contributed by atoms with Crippen LogP contribution in [0.2, 0.25) is 0 Å². The molecule has 1 aliphatic rings. The van der Waals surface area contributed by atoms with E-state index in [1.165, 1.54) is 11.4 Å². The monoisotopic (exact) mass is 440 g/mol. The summed E-state index contributed by atoms with van der Waals surface area (Å²) in [5, 5.41) is 0. The Balaban J connectivity index is 1.36. The molecule has 6 nitrogen and oxygen atoms in total. The van der Waals surface area contributed by atoms with Gasteiger partial charge >= 0.3 is 0 Å². The van der Waals surface area contributed by atoms with E-state index < -0.39 is 0 Å². The molecule has 33 heavy (non-hydrogen) atoms. The largest absolute Gasteiger partial charge is 0.378 e. The SMILES string of the molecule is O=C(c1cn(CCCN(c2ccccc2)c2ccccc2)c2cccnc12)N1CCOCC1. The van der Waals surface area contributed by atoms with Crippen LogP contribution >= 0.6 is 0 Å².